The van der Waals surface area contributed by atoms with Gasteiger partial charge in [0.05, 0.1) is 17.9 Å². The van der Waals surface area contributed by atoms with Crippen molar-refractivity contribution in [2.75, 3.05) is 25.1 Å². The number of halogens is 2. The van der Waals surface area contributed by atoms with Crippen LogP contribution in [0.1, 0.15) is 17.3 Å². The number of amides is 1. The number of anilines is 1. The molecular weight excluding hydrogens is 368 g/mol. The Kier molecular flexibility index (Phi) is 6.33. The molecule has 8 heteroatoms. The average Bonchev–Trinajstić information content (AvgIpc) is 3.21. The van der Waals surface area contributed by atoms with E-state index in [1.807, 2.05) is 6.92 Å². The van der Waals surface area contributed by atoms with Crippen molar-refractivity contribution in [3.8, 4) is 17.1 Å². The molecule has 0 saturated carbocycles. The lowest BCUT2D eigenvalue weighted by Gasteiger charge is -2.14. The molecule has 0 fully saturated rings. The van der Waals surface area contributed by atoms with E-state index >= 15 is 0 Å². The fourth-order valence-corrected chi connectivity index (χ4v) is 2.54. The highest BCUT2D eigenvalue weighted by atomic mass is 19.1. The number of benzene rings is 2. The lowest BCUT2D eigenvalue weighted by molar-refractivity contribution is 0.102. The number of nitrogens with zero attached hydrogens (tertiary/aromatic N) is 1. The summed E-state index contributed by atoms with van der Waals surface area (Å²) in [4.78, 5) is 19.6. The molecule has 1 amide bonds. The Morgan fingerprint density at radius 1 is 1.18 bits per heavy atom. The van der Waals surface area contributed by atoms with Gasteiger partial charge in [-0.3, -0.25) is 4.79 Å². The van der Waals surface area contributed by atoms with Crippen LogP contribution in [0.2, 0.25) is 0 Å². The molecule has 0 radical (unpaired) electrons. The number of ether oxygens (including phenoxy) is 2. The SMILES string of the molecule is CCOCCOc1ccc(-c2ncc[nH]2)cc1NC(=O)c1ccc(F)cc1F. The number of carbonyl (C=O) groups is 1. The van der Waals surface area contributed by atoms with Crippen LogP contribution in [0.25, 0.3) is 11.4 Å². The maximum Gasteiger partial charge on any atom is 0.258 e. The summed E-state index contributed by atoms with van der Waals surface area (Å²) in [5, 5.41) is 2.62. The predicted octanol–water partition coefficient (Wildman–Crippen LogP) is 4.02. The molecule has 0 spiro atoms. The molecule has 0 aliphatic rings. The molecule has 2 aromatic carbocycles. The Morgan fingerprint density at radius 3 is 2.75 bits per heavy atom. The van der Waals surface area contributed by atoms with E-state index in [0.717, 1.165) is 12.1 Å². The van der Waals surface area contributed by atoms with Gasteiger partial charge in [-0.1, -0.05) is 0 Å². The minimum atomic E-state index is -0.946. The summed E-state index contributed by atoms with van der Waals surface area (Å²) >= 11 is 0. The number of imidazole rings is 1. The van der Waals surface area contributed by atoms with Gasteiger partial charge in [0.15, 0.2) is 0 Å². The summed E-state index contributed by atoms with van der Waals surface area (Å²) in [6, 6.07) is 7.90. The van der Waals surface area contributed by atoms with Gasteiger partial charge in [0.1, 0.15) is 29.8 Å². The van der Waals surface area contributed by atoms with Crippen LogP contribution in [0.5, 0.6) is 5.75 Å². The third-order valence-electron chi connectivity index (χ3n) is 3.86. The topological polar surface area (TPSA) is 76.2 Å². The summed E-state index contributed by atoms with van der Waals surface area (Å²) < 4.78 is 37.9. The molecule has 0 aliphatic heterocycles. The van der Waals surface area contributed by atoms with Crippen LogP contribution in [-0.2, 0) is 4.74 Å². The molecular formula is C20H19F2N3O3. The monoisotopic (exact) mass is 387 g/mol. The smallest absolute Gasteiger partial charge is 0.258 e. The van der Waals surface area contributed by atoms with Gasteiger partial charge in [0, 0.05) is 30.6 Å². The normalized spacial score (nSPS) is 10.7. The van der Waals surface area contributed by atoms with Crippen molar-refractivity contribution < 1.29 is 23.0 Å². The molecule has 0 atom stereocenters. The van der Waals surface area contributed by atoms with Crippen molar-refractivity contribution in [3.05, 3.63) is 66.0 Å². The summed E-state index contributed by atoms with van der Waals surface area (Å²) in [6.07, 6.45) is 3.28. The highest BCUT2D eigenvalue weighted by Gasteiger charge is 2.16. The summed E-state index contributed by atoms with van der Waals surface area (Å²) in [5.74, 6) is -1.42. The van der Waals surface area contributed by atoms with Gasteiger partial charge in [-0.25, -0.2) is 13.8 Å². The molecule has 146 valence electrons. The van der Waals surface area contributed by atoms with Crippen molar-refractivity contribution >= 4 is 11.6 Å². The van der Waals surface area contributed by atoms with Crippen molar-refractivity contribution in [2.24, 2.45) is 0 Å². The first-order chi connectivity index (χ1) is 13.6. The number of carbonyl (C=O) groups excluding carboxylic acids is 1. The van der Waals surface area contributed by atoms with E-state index in [2.05, 4.69) is 15.3 Å². The zero-order chi connectivity index (χ0) is 19.9. The first-order valence-electron chi connectivity index (χ1n) is 8.69. The minimum absolute atomic E-state index is 0.273. The second-order valence-corrected chi connectivity index (χ2v) is 5.77. The molecule has 3 aromatic rings. The maximum absolute atomic E-state index is 13.9. The predicted molar refractivity (Wildman–Crippen MR) is 100 cm³/mol. The van der Waals surface area contributed by atoms with Crippen LogP contribution >= 0.6 is 0 Å². The van der Waals surface area contributed by atoms with Crippen LogP contribution in [0.4, 0.5) is 14.5 Å². The van der Waals surface area contributed by atoms with Gasteiger partial charge in [0.2, 0.25) is 0 Å². The number of hydrogen-bond donors (Lipinski definition) is 2. The van der Waals surface area contributed by atoms with E-state index in [-0.39, 0.29) is 12.2 Å². The van der Waals surface area contributed by atoms with Gasteiger partial charge in [-0.2, -0.15) is 0 Å². The number of rotatable bonds is 8. The molecule has 3 rings (SSSR count). The minimum Gasteiger partial charge on any atom is -0.489 e. The van der Waals surface area contributed by atoms with Crippen LogP contribution in [0.15, 0.2) is 48.8 Å². The molecule has 0 aliphatic carbocycles. The standard InChI is InChI=1S/C20H19F2N3O3/c1-2-27-9-10-28-18-6-3-13(19-23-7-8-24-19)11-17(18)25-20(26)15-5-4-14(21)12-16(15)22/h3-8,11-12H,2,9-10H2,1H3,(H,23,24)(H,25,26). The highest BCUT2D eigenvalue weighted by molar-refractivity contribution is 6.05. The number of aromatic amines is 1. The lowest BCUT2D eigenvalue weighted by Crippen LogP contribution is -2.15. The van der Waals surface area contributed by atoms with E-state index in [9.17, 15) is 13.6 Å². The second kappa shape index (κ2) is 9.09. The van der Waals surface area contributed by atoms with Gasteiger partial charge >= 0.3 is 0 Å². The van der Waals surface area contributed by atoms with E-state index in [1.54, 1.807) is 30.6 Å². The number of aromatic nitrogens is 2. The fourth-order valence-electron chi connectivity index (χ4n) is 2.54. The molecule has 1 heterocycles. The van der Waals surface area contributed by atoms with Crippen molar-refractivity contribution in [1.82, 2.24) is 9.97 Å². The quantitative estimate of drug-likeness (QED) is 0.573. The number of H-pyrrole nitrogens is 1. The van der Waals surface area contributed by atoms with Crippen LogP contribution < -0.4 is 10.1 Å². The first-order valence-corrected chi connectivity index (χ1v) is 8.69. The molecule has 1 aromatic heterocycles. The molecule has 2 N–H and O–H groups in total. The summed E-state index contributed by atoms with van der Waals surface area (Å²) in [5.41, 5.74) is 0.765. The number of hydrogen-bond acceptors (Lipinski definition) is 4. The van der Waals surface area contributed by atoms with Crippen LogP contribution in [-0.4, -0.2) is 35.7 Å². The fraction of sp³-hybridized carbons (Fsp3) is 0.200. The highest BCUT2D eigenvalue weighted by Crippen LogP contribution is 2.30. The van der Waals surface area contributed by atoms with E-state index < -0.39 is 17.5 Å². The van der Waals surface area contributed by atoms with E-state index in [0.29, 0.717) is 42.1 Å². The molecule has 6 nitrogen and oxygen atoms in total. The third-order valence-corrected chi connectivity index (χ3v) is 3.86. The molecule has 0 unspecified atom stereocenters. The van der Waals surface area contributed by atoms with Crippen LogP contribution in [0.3, 0.4) is 0 Å². The zero-order valence-corrected chi connectivity index (χ0v) is 15.2. The Bertz CT molecular complexity index is 946. The van der Waals surface area contributed by atoms with Gasteiger partial charge in [-0.05, 0) is 37.3 Å². The molecule has 28 heavy (non-hydrogen) atoms. The summed E-state index contributed by atoms with van der Waals surface area (Å²) in [6.45, 7) is 3.10. The van der Waals surface area contributed by atoms with Crippen molar-refractivity contribution in [1.29, 1.82) is 0 Å². The third kappa shape index (κ3) is 4.72. The lowest BCUT2D eigenvalue weighted by atomic mass is 10.1. The van der Waals surface area contributed by atoms with Crippen LogP contribution in [0, 0.1) is 11.6 Å². The average molecular weight is 387 g/mol. The molecule has 0 bridgehead atoms. The maximum atomic E-state index is 13.9. The Labute approximate surface area is 160 Å². The Balaban J connectivity index is 1.86. The van der Waals surface area contributed by atoms with E-state index in [4.69, 9.17) is 9.47 Å². The van der Waals surface area contributed by atoms with Crippen molar-refractivity contribution in [3.63, 3.8) is 0 Å². The Hall–Kier alpha value is -3.26. The van der Waals surface area contributed by atoms with Gasteiger partial charge in [0.25, 0.3) is 5.91 Å². The van der Waals surface area contributed by atoms with Gasteiger partial charge in [-0.15, -0.1) is 0 Å². The van der Waals surface area contributed by atoms with E-state index in [1.165, 1.54) is 0 Å². The van der Waals surface area contributed by atoms with Crippen molar-refractivity contribution in [2.45, 2.75) is 6.92 Å². The molecule has 0 saturated heterocycles. The van der Waals surface area contributed by atoms with Gasteiger partial charge < -0.3 is 19.8 Å². The first kappa shape index (κ1) is 19.5. The second-order valence-electron chi connectivity index (χ2n) is 5.77. The number of nitrogens with one attached hydrogen (secondary N) is 2. The largest absolute Gasteiger partial charge is 0.489 e. The summed E-state index contributed by atoms with van der Waals surface area (Å²) in [7, 11) is 0. The Morgan fingerprint density at radius 2 is 2.04 bits per heavy atom. The zero-order valence-electron chi connectivity index (χ0n) is 15.2.